The number of nitrogens with one attached hydrogen (secondary N) is 2. The zero-order chi connectivity index (χ0) is 20.5. The predicted molar refractivity (Wildman–Crippen MR) is 105 cm³/mol. The van der Waals surface area contributed by atoms with Crippen molar-refractivity contribution in [3.8, 4) is 0 Å². The van der Waals surface area contributed by atoms with Gasteiger partial charge in [0, 0.05) is 20.0 Å². The molecule has 28 heavy (non-hydrogen) atoms. The van der Waals surface area contributed by atoms with E-state index in [-0.39, 0.29) is 18.4 Å². The van der Waals surface area contributed by atoms with Crippen LogP contribution >= 0.6 is 0 Å². The molecule has 2 rings (SSSR count). The monoisotopic (exact) mass is 393 g/mol. The average Bonchev–Trinajstić information content (AvgIpc) is 3.23. The van der Waals surface area contributed by atoms with Crippen LogP contribution in [0.3, 0.4) is 0 Å². The SMILES string of the molecule is CCc1nc(NNC(=O)[C@@H](CC2CCCC2)CN(O)C=O)nc(N(C)CC)n1. The molecule has 10 nitrogen and oxygen atoms in total. The molecule has 0 unspecified atom stereocenters. The summed E-state index contributed by atoms with van der Waals surface area (Å²) in [6, 6.07) is 0. The maximum atomic E-state index is 12.7. The fourth-order valence-electron chi connectivity index (χ4n) is 3.33. The number of aromatic nitrogens is 3. The molecule has 1 fully saturated rings. The topological polar surface area (TPSA) is 124 Å². The standard InChI is InChI=1S/C18H31N7O3/c1-4-15-19-17(21-18(20-15)24(3)5-2)23-22-16(27)14(11-25(28)12-26)10-13-8-6-7-9-13/h12-14,28H,4-11H2,1-3H3,(H,22,27)(H,19,20,21,23)/t14-/m0/s1. The number of amides is 2. The zero-order valence-electron chi connectivity index (χ0n) is 16.9. The van der Waals surface area contributed by atoms with Crippen LogP contribution in [0.1, 0.15) is 51.8 Å². The van der Waals surface area contributed by atoms with Gasteiger partial charge in [0.15, 0.2) is 0 Å². The van der Waals surface area contributed by atoms with E-state index >= 15 is 0 Å². The molecular formula is C18H31N7O3. The molecule has 0 aromatic carbocycles. The Morgan fingerprint density at radius 3 is 2.61 bits per heavy atom. The molecule has 0 radical (unpaired) electrons. The van der Waals surface area contributed by atoms with Crippen LogP contribution in [0.25, 0.3) is 0 Å². The second-order valence-electron chi connectivity index (χ2n) is 7.17. The Labute approximate surface area is 165 Å². The quantitative estimate of drug-likeness (QED) is 0.293. The van der Waals surface area contributed by atoms with Gasteiger partial charge in [-0.1, -0.05) is 32.6 Å². The molecule has 0 bridgehead atoms. The van der Waals surface area contributed by atoms with Gasteiger partial charge in [-0.15, -0.1) is 0 Å². The second kappa shape index (κ2) is 10.7. The summed E-state index contributed by atoms with van der Waals surface area (Å²) in [7, 11) is 1.88. The summed E-state index contributed by atoms with van der Waals surface area (Å²) >= 11 is 0. The van der Waals surface area contributed by atoms with Crippen molar-refractivity contribution in [3.05, 3.63) is 5.82 Å². The van der Waals surface area contributed by atoms with Crippen LogP contribution < -0.4 is 15.8 Å². The summed E-state index contributed by atoms with van der Waals surface area (Å²) in [6.07, 6.45) is 6.04. The number of rotatable bonds is 11. The highest BCUT2D eigenvalue weighted by molar-refractivity contribution is 5.80. The van der Waals surface area contributed by atoms with Crippen molar-refractivity contribution in [2.75, 3.05) is 30.5 Å². The Bertz CT molecular complexity index is 652. The van der Waals surface area contributed by atoms with Gasteiger partial charge < -0.3 is 4.90 Å². The highest BCUT2D eigenvalue weighted by Crippen LogP contribution is 2.30. The minimum absolute atomic E-state index is 0.0469. The van der Waals surface area contributed by atoms with E-state index in [1.54, 1.807) is 0 Å². The number of carbonyl (C=O) groups excluding carboxylic acids is 2. The fraction of sp³-hybridized carbons (Fsp3) is 0.722. The lowest BCUT2D eigenvalue weighted by atomic mass is 9.92. The van der Waals surface area contributed by atoms with E-state index in [2.05, 4.69) is 25.8 Å². The van der Waals surface area contributed by atoms with E-state index in [1.165, 1.54) is 0 Å². The number of hydrogen-bond acceptors (Lipinski definition) is 8. The molecule has 1 aliphatic rings. The molecule has 1 saturated carbocycles. The first-order chi connectivity index (χ1) is 13.5. The molecule has 1 aromatic rings. The first-order valence-electron chi connectivity index (χ1n) is 9.89. The summed E-state index contributed by atoms with van der Waals surface area (Å²) in [5.41, 5.74) is 5.38. The van der Waals surface area contributed by atoms with Crippen molar-refractivity contribution < 1.29 is 14.8 Å². The normalized spacial score (nSPS) is 15.1. The van der Waals surface area contributed by atoms with Crippen LogP contribution in [-0.2, 0) is 16.0 Å². The van der Waals surface area contributed by atoms with Crippen LogP contribution in [0.15, 0.2) is 0 Å². The van der Waals surface area contributed by atoms with Crippen LogP contribution in [0.4, 0.5) is 11.9 Å². The lowest BCUT2D eigenvalue weighted by Gasteiger charge is -2.22. The predicted octanol–water partition coefficient (Wildman–Crippen LogP) is 1.38. The number of hydrazine groups is 1. The van der Waals surface area contributed by atoms with Gasteiger partial charge in [-0.05, 0) is 19.3 Å². The van der Waals surface area contributed by atoms with Crippen LogP contribution in [0, 0.1) is 11.8 Å². The van der Waals surface area contributed by atoms with Crippen molar-refractivity contribution in [1.82, 2.24) is 25.4 Å². The summed E-state index contributed by atoms with van der Waals surface area (Å²) in [5.74, 6) is 1.01. The van der Waals surface area contributed by atoms with Gasteiger partial charge in [0.25, 0.3) is 0 Å². The Kier molecular flexibility index (Phi) is 8.37. The molecular weight excluding hydrogens is 362 g/mol. The fourth-order valence-corrected chi connectivity index (χ4v) is 3.33. The molecule has 1 heterocycles. The molecule has 0 spiro atoms. The summed E-state index contributed by atoms with van der Waals surface area (Å²) in [4.78, 5) is 38.3. The lowest BCUT2D eigenvalue weighted by Crippen LogP contribution is -2.41. The van der Waals surface area contributed by atoms with Gasteiger partial charge in [-0.3, -0.25) is 25.6 Å². The lowest BCUT2D eigenvalue weighted by molar-refractivity contribution is -0.154. The van der Waals surface area contributed by atoms with E-state index < -0.39 is 5.92 Å². The number of anilines is 2. The molecule has 1 aromatic heterocycles. The number of aryl methyl sites for hydroxylation is 1. The van der Waals surface area contributed by atoms with Gasteiger partial charge in [0.2, 0.25) is 24.2 Å². The van der Waals surface area contributed by atoms with Crippen LogP contribution in [-0.4, -0.2) is 57.7 Å². The summed E-state index contributed by atoms with van der Waals surface area (Å²) < 4.78 is 0. The molecule has 2 amide bonds. The van der Waals surface area contributed by atoms with E-state index in [1.807, 2.05) is 25.8 Å². The Hall–Kier alpha value is -2.49. The largest absolute Gasteiger partial charge is 0.344 e. The first-order valence-corrected chi connectivity index (χ1v) is 9.89. The van der Waals surface area contributed by atoms with Crippen molar-refractivity contribution in [1.29, 1.82) is 0 Å². The van der Waals surface area contributed by atoms with Gasteiger partial charge in [0.1, 0.15) is 5.82 Å². The minimum Gasteiger partial charge on any atom is -0.344 e. The highest BCUT2D eigenvalue weighted by atomic mass is 16.5. The van der Waals surface area contributed by atoms with Crippen LogP contribution in [0.5, 0.6) is 0 Å². The average molecular weight is 393 g/mol. The van der Waals surface area contributed by atoms with E-state index in [9.17, 15) is 14.8 Å². The molecule has 0 saturated heterocycles. The maximum absolute atomic E-state index is 12.7. The summed E-state index contributed by atoms with van der Waals surface area (Å²) in [5, 5.41) is 10.1. The highest BCUT2D eigenvalue weighted by Gasteiger charge is 2.27. The molecule has 1 aliphatic carbocycles. The number of hydrogen-bond donors (Lipinski definition) is 3. The van der Waals surface area contributed by atoms with E-state index in [4.69, 9.17) is 0 Å². The van der Waals surface area contributed by atoms with E-state index in [0.717, 1.165) is 32.2 Å². The second-order valence-corrected chi connectivity index (χ2v) is 7.17. The molecule has 3 N–H and O–H groups in total. The summed E-state index contributed by atoms with van der Waals surface area (Å²) in [6.45, 7) is 4.63. The van der Waals surface area contributed by atoms with E-state index in [0.29, 0.717) is 42.0 Å². The molecule has 0 aliphatic heterocycles. The Balaban J connectivity index is 2.04. The van der Waals surface area contributed by atoms with Crippen molar-refractivity contribution >= 4 is 24.2 Å². The molecule has 1 atom stereocenters. The third-order valence-corrected chi connectivity index (χ3v) is 5.09. The van der Waals surface area contributed by atoms with Gasteiger partial charge in [-0.2, -0.15) is 15.0 Å². The van der Waals surface area contributed by atoms with Gasteiger partial charge in [0.05, 0.1) is 12.5 Å². The third-order valence-electron chi connectivity index (χ3n) is 5.09. The smallest absolute Gasteiger partial charge is 0.246 e. The van der Waals surface area contributed by atoms with Crippen molar-refractivity contribution in [2.45, 2.75) is 52.4 Å². The first kappa shape index (κ1) is 21.8. The van der Waals surface area contributed by atoms with Crippen LogP contribution in [0.2, 0.25) is 0 Å². The molecule has 156 valence electrons. The third kappa shape index (κ3) is 6.29. The van der Waals surface area contributed by atoms with Crippen molar-refractivity contribution in [2.24, 2.45) is 11.8 Å². The van der Waals surface area contributed by atoms with Crippen molar-refractivity contribution in [3.63, 3.8) is 0 Å². The number of carbonyl (C=O) groups is 2. The number of nitrogens with zero attached hydrogens (tertiary/aromatic N) is 5. The minimum atomic E-state index is -0.518. The van der Waals surface area contributed by atoms with Gasteiger partial charge in [-0.25, -0.2) is 5.06 Å². The Morgan fingerprint density at radius 2 is 2.00 bits per heavy atom. The zero-order valence-corrected chi connectivity index (χ0v) is 16.9. The maximum Gasteiger partial charge on any atom is 0.246 e. The molecule has 10 heteroatoms. The number of hydroxylamine groups is 2. The van der Waals surface area contributed by atoms with Gasteiger partial charge >= 0.3 is 0 Å². The Morgan fingerprint density at radius 1 is 1.29 bits per heavy atom.